The van der Waals surface area contributed by atoms with Crippen molar-refractivity contribution in [3.8, 4) is 0 Å². The number of thiophene rings is 1. The monoisotopic (exact) mass is 513 g/mol. The topological polar surface area (TPSA) is 125 Å². The molecule has 0 aliphatic carbocycles. The molecular weight excluding hydrogens is 482 g/mol. The number of imide groups is 1. The van der Waals surface area contributed by atoms with E-state index in [0.29, 0.717) is 49.6 Å². The van der Waals surface area contributed by atoms with Crippen LogP contribution >= 0.6 is 11.3 Å². The van der Waals surface area contributed by atoms with E-state index in [0.717, 1.165) is 35.9 Å². The van der Waals surface area contributed by atoms with Gasteiger partial charge in [0.15, 0.2) is 0 Å². The lowest BCUT2D eigenvalue weighted by atomic mass is 9.89. The number of fused-ring (bicyclic) bond motifs is 1. The van der Waals surface area contributed by atoms with Gasteiger partial charge in [-0.15, -0.1) is 11.3 Å². The Balaban J connectivity index is 1.27. The number of anilines is 1. The van der Waals surface area contributed by atoms with Crippen LogP contribution in [0.25, 0.3) is 10.1 Å². The van der Waals surface area contributed by atoms with Gasteiger partial charge in [-0.05, 0) is 44.7 Å². The van der Waals surface area contributed by atoms with Gasteiger partial charge in [0.1, 0.15) is 5.00 Å². The molecule has 36 heavy (non-hydrogen) atoms. The number of nitrogens with one attached hydrogen (secondary N) is 1. The fourth-order valence-electron chi connectivity index (χ4n) is 5.68. The van der Waals surface area contributed by atoms with E-state index in [1.165, 1.54) is 16.2 Å². The fourth-order valence-corrected chi connectivity index (χ4v) is 6.78. The standard InChI is InChI=1S/C25H31N5O5S/c1-2-11-30-22(32)25(35-24(30)34)10-5-12-29(15-25)16-8-13-28(14-9-16)21(31)19-17-6-3-4-7-18(17)36-20(19)27-23(26)33/h3-4,6-7,16H,2,5,8-15H2,1H3,(H3,26,27,33). The molecule has 3 aliphatic rings. The summed E-state index contributed by atoms with van der Waals surface area (Å²) in [7, 11) is 0. The highest BCUT2D eigenvalue weighted by atomic mass is 32.1. The number of primary amides is 1. The number of carbonyl (C=O) groups excluding carboxylic acids is 4. The number of carbonyl (C=O) groups is 4. The molecular formula is C25H31N5O5S. The molecule has 3 aliphatic heterocycles. The molecule has 0 saturated carbocycles. The number of ether oxygens (including phenoxy) is 1. The van der Waals surface area contributed by atoms with Crippen LogP contribution in [0.15, 0.2) is 24.3 Å². The first-order chi connectivity index (χ1) is 17.3. The van der Waals surface area contributed by atoms with E-state index in [-0.39, 0.29) is 17.9 Å². The minimum absolute atomic E-state index is 0.125. The summed E-state index contributed by atoms with van der Waals surface area (Å²) in [5, 5.41) is 3.88. The van der Waals surface area contributed by atoms with Crippen LogP contribution in [0.3, 0.4) is 0 Å². The van der Waals surface area contributed by atoms with Crippen LogP contribution in [-0.2, 0) is 9.53 Å². The Hall–Kier alpha value is -3.18. The number of rotatable bonds is 5. The highest BCUT2D eigenvalue weighted by Gasteiger charge is 2.56. The van der Waals surface area contributed by atoms with Crippen molar-refractivity contribution in [3.05, 3.63) is 29.8 Å². The lowest BCUT2D eigenvalue weighted by molar-refractivity contribution is -0.142. The lowest BCUT2D eigenvalue weighted by Crippen LogP contribution is -2.58. The first kappa shape index (κ1) is 24.5. The number of hydrogen-bond acceptors (Lipinski definition) is 7. The molecule has 1 atom stereocenters. The fraction of sp³-hybridized carbons (Fsp3) is 0.520. The second-order valence-corrected chi connectivity index (χ2v) is 10.8. The van der Waals surface area contributed by atoms with Gasteiger partial charge in [-0.25, -0.2) is 14.5 Å². The molecule has 3 fully saturated rings. The van der Waals surface area contributed by atoms with E-state index in [4.69, 9.17) is 10.5 Å². The van der Waals surface area contributed by atoms with Gasteiger partial charge in [0.25, 0.3) is 11.8 Å². The Labute approximate surface area is 213 Å². The molecule has 3 N–H and O–H groups in total. The molecule has 0 radical (unpaired) electrons. The van der Waals surface area contributed by atoms with Gasteiger partial charge < -0.3 is 15.4 Å². The second kappa shape index (κ2) is 9.70. The van der Waals surface area contributed by atoms with E-state index in [9.17, 15) is 19.2 Å². The van der Waals surface area contributed by atoms with Crippen LogP contribution in [0.4, 0.5) is 14.6 Å². The summed E-state index contributed by atoms with van der Waals surface area (Å²) in [6.45, 7) is 4.66. The van der Waals surface area contributed by atoms with E-state index in [1.807, 2.05) is 36.1 Å². The normalized spacial score (nSPS) is 23.5. The van der Waals surface area contributed by atoms with Crippen LogP contribution in [0, 0.1) is 0 Å². The first-order valence-electron chi connectivity index (χ1n) is 12.5. The SMILES string of the molecule is CCCN1C(=O)OC2(CCCN(C3CCN(C(=O)c4c(NC(N)=O)sc5ccccc45)CC3)C2)C1=O. The van der Waals surface area contributed by atoms with Crippen molar-refractivity contribution in [3.63, 3.8) is 0 Å². The lowest BCUT2D eigenvalue weighted by Gasteiger charge is -2.44. The molecule has 5 rings (SSSR count). The summed E-state index contributed by atoms with van der Waals surface area (Å²) in [6.07, 6.45) is 3.00. The second-order valence-electron chi connectivity index (χ2n) is 9.71. The smallest absolute Gasteiger partial charge is 0.417 e. The van der Waals surface area contributed by atoms with E-state index < -0.39 is 17.7 Å². The molecule has 4 heterocycles. The third-order valence-electron chi connectivity index (χ3n) is 7.38. The molecule has 3 saturated heterocycles. The summed E-state index contributed by atoms with van der Waals surface area (Å²) < 4.78 is 6.58. The molecule has 192 valence electrons. The van der Waals surface area contributed by atoms with E-state index >= 15 is 0 Å². The summed E-state index contributed by atoms with van der Waals surface area (Å²) in [4.78, 5) is 55.8. The number of benzene rings is 1. The maximum atomic E-state index is 13.6. The average molecular weight is 514 g/mol. The molecule has 1 aromatic heterocycles. The van der Waals surface area contributed by atoms with Crippen molar-refractivity contribution in [1.29, 1.82) is 0 Å². The minimum atomic E-state index is -1.08. The van der Waals surface area contributed by atoms with Crippen LogP contribution in [0.5, 0.6) is 0 Å². The first-order valence-corrected chi connectivity index (χ1v) is 13.3. The molecule has 2 aromatic rings. The third kappa shape index (κ3) is 4.30. The molecule has 1 spiro atoms. The Kier molecular flexibility index (Phi) is 6.60. The number of nitrogens with two attached hydrogens (primary N) is 1. The van der Waals surface area contributed by atoms with E-state index in [1.54, 1.807) is 0 Å². The summed E-state index contributed by atoms with van der Waals surface area (Å²) in [5.41, 5.74) is 4.75. The summed E-state index contributed by atoms with van der Waals surface area (Å²) in [6, 6.07) is 7.06. The zero-order valence-corrected chi connectivity index (χ0v) is 21.1. The van der Waals surface area contributed by atoms with Crippen LogP contribution < -0.4 is 11.1 Å². The van der Waals surface area contributed by atoms with Crippen molar-refractivity contribution in [2.45, 2.75) is 50.7 Å². The number of nitrogens with zero attached hydrogens (tertiary/aromatic N) is 3. The highest BCUT2D eigenvalue weighted by Crippen LogP contribution is 2.38. The molecule has 11 heteroatoms. The Morgan fingerprint density at radius 3 is 2.67 bits per heavy atom. The van der Waals surface area contributed by atoms with Crippen molar-refractivity contribution < 1.29 is 23.9 Å². The number of urea groups is 1. The molecule has 0 bridgehead atoms. The van der Waals surface area contributed by atoms with E-state index in [2.05, 4.69) is 10.2 Å². The predicted octanol–water partition coefficient (Wildman–Crippen LogP) is 3.22. The molecule has 1 aromatic carbocycles. The van der Waals surface area contributed by atoms with Crippen molar-refractivity contribution in [1.82, 2.24) is 14.7 Å². The number of amides is 5. The van der Waals surface area contributed by atoms with Crippen LogP contribution in [-0.4, -0.2) is 83.0 Å². The zero-order chi connectivity index (χ0) is 25.4. The summed E-state index contributed by atoms with van der Waals surface area (Å²) in [5.74, 6) is -0.342. The van der Waals surface area contributed by atoms with Crippen LogP contribution in [0.2, 0.25) is 0 Å². The predicted molar refractivity (Wildman–Crippen MR) is 136 cm³/mol. The quantitative estimate of drug-likeness (QED) is 0.632. The number of hydrogen-bond donors (Lipinski definition) is 2. The number of piperidine rings is 2. The van der Waals surface area contributed by atoms with Gasteiger partial charge in [-0.1, -0.05) is 25.1 Å². The molecule has 5 amide bonds. The Morgan fingerprint density at radius 2 is 1.94 bits per heavy atom. The van der Waals surface area contributed by atoms with Gasteiger partial charge in [0.2, 0.25) is 5.60 Å². The largest absolute Gasteiger partial charge is 0.431 e. The van der Waals surface area contributed by atoms with Gasteiger partial charge >= 0.3 is 12.1 Å². The maximum Gasteiger partial charge on any atom is 0.417 e. The van der Waals surface area contributed by atoms with Crippen LogP contribution in [0.1, 0.15) is 49.4 Å². The van der Waals surface area contributed by atoms with Crippen molar-refractivity contribution in [2.75, 3.05) is 38.0 Å². The third-order valence-corrected chi connectivity index (χ3v) is 8.47. The summed E-state index contributed by atoms with van der Waals surface area (Å²) >= 11 is 1.34. The van der Waals surface area contributed by atoms with Gasteiger partial charge in [0, 0.05) is 42.3 Å². The van der Waals surface area contributed by atoms with Crippen molar-refractivity contribution in [2.24, 2.45) is 5.73 Å². The minimum Gasteiger partial charge on any atom is -0.431 e. The maximum absolute atomic E-state index is 13.6. The molecule has 1 unspecified atom stereocenters. The average Bonchev–Trinajstić information content (AvgIpc) is 3.33. The number of likely N-dealkylation sites (tertiary alicyclic amines) is 2. The van der Waals surface area contributed by atoms with Gasteiger partial charge in [-0.2, -0.15) is 0 Å². The highest BCUT2D eigenvalue weighted by molar-refractivity contribution is 7.23. The van der Waals surface area contributed by atoms with Gasteiger partial charge in [-0.3, -0.25) is 19.8 Å². The molecule has 10 nitrogen and oxygen atoms in total. The Bertz CT molecular complexity index is 1210. The zero-order valence-electron chi connectivity index (χ0n) is 20.3. The van der Waals surface area contributed by atoms with Gasteiger partial charge in [0.05, 0.1) is 5.56 Å². The Morgan fingerprint density at radius 1 is 1.19 bits per heavy atom. The van der Waals surface area contributed by atoms with Crippen molar-refractivity contribution >= 4 is 50.4 Å².